The van der Waals surface area contributed by atoms with Gasteiger partial charge in [-0.3, -0.25) is 0 Å². The van der Waals surface area contributed by atoms with Gasteiger partial charge in [-0.05, 0) is 77.0 Å². The number of thiophene rings is 2. The number of ether oxygens (including phenoxy) is 1. The predicted molar refractivity (Wildman–Crippen MR) is 280 cm³/mol. The zero-order valence-electron chi connectivity index (χ0n) is 34.9. The monoisotopic (exact) mass is 864 g/mol. The SMILES string of the molecule is c1ccc(-c2ccccc2N(c2cc3ccc4cc(N(c5ccccc5)c5cccc6c5sc5ccccc56)cc5c4c3c3c(cccc23)O5)c2cccc3c2sc2ccccc23)cc1. The molecule has 0 unspecified atom stereocenters. The molecule has 1 aliphatic heterocycles. The first kappa shape index (κ1) is 36.5. The minimum Gasteiger partial charge on any atom is -0.456 e. The Labute approximate surface area is 382 Å². The Morgan fingerprint density at radius 1 is 0.323 bits per heavy atom. The zero-order valence-corrected chi connectivity index (χ0v) is 36.5. The molecule has 0 bridgehead atoms. The second-order valence-electron chi connectivity index (χ2n) is 16.8. The van der Waals surface area contributed by atoms with Crippen LogP contribution in [0, 0.1) is 0 Å². The van der Waals surface area contributed by atoms with Crippen LogP contribution < -0.4 is 14.5 Å². The van der Waals surface area contributed by atoms with E-state index in [1.807, 2.05) is 22.7 Å². The van der Waals surface area contributed by atoms with Crippen LogP contribution in [0.3, 0.4) is 0 Å². The van der Waals surface area contributed by atoms with Gasteiger partial charge < -0.3 is 14.5 Å². The summed E-state index contributed by atoms with van der Waals surface area (Å²) >= 11 is 3.72. The number of benzene rings is 11. The molecule has 3 nitrogen and oxygen atoms in total. The maximum atomic E-state index is 7.19. The first-order valence-corrected chi connectivity index (χ1v) is 23.6. The Kier molecular flexibility index (Phi) is 8.02. The maximum absolute atomic E-state index is 7.19. The van der Waals surface area contributed by atoms with Crippen LogP contribution in [0.25, 0.3) is 83.8 Å². The van der Waals surface area contributed by atoms with E-state index in [4.69, 9.17) is 4.74 Å². The van der Waals surface area contributed by atoms with Gasteiger partial charge in [-0.25, -0.2) is 0 Å². The van der Waals surface area contributed by atoms with Gasteiger partial charge >= 0.3 is 0 Å². The van der Waals surface area contributed by atoms with Crippen molar-refractivity contribution in [2.45, 2.75) is 0 Å². The highest BCUT2D eigenvalue weighted by atomic mass is 32.1. The Hall–Kier alpha value is -7.96. The smallest absolute Gasteiger partial charge is 0.138 e. The van der Waals surface area contributed by atoms with Gasteiger partial charge in [-0.2, -0.15) is 0 Å². The third-order valence-corrected chi connectivity index (χ3v) is 15.6. The topological polar surface area (TPSA) is 15.7 Å². The fourth-order valence-corrected chi connectivity index (χ4v) is 12.8. The fourth-order valence-electron chi connectivity index (χ4n) is 10.4. The van der Waals surface area contributed by atoms with E-state index in [0.29, 0.717) is 0 Å². The summed E-state index contributed by atoms with van der Waals surface area (Å²) in [5, 5.41) is 12.0. The molecule has 0 spiro atoms. The van der Waals surface area contributed by atoms with Crippen LogP contribution in [0.15, 0.2) is 218 Å². The number of para-hydroxylation sites is 2. The molecule has 5 heteroatoms. The molecular formula is C60H36N2OS2. The first-order chi connectivity index (χ1) is 32.2. The summed E-state index contributed by atoms with van der Waals surface area (Å²) in [6.07, 6.45) is 0. The molecule has 3 heterocycles. The van der Waals surface area contributed by atoms with Gasteiger partial charge in [-0.1, -0.05) is 152 Å². The zero-order chi connectivity index (χ0) is 42.6. The molecule has 0 fully saturated rings. The lowest BCUT2D eigenvalue weighted by Gasteiger charge is -2.31. The Bertz CT molecular complexity index is 4060. The van der Waals surface area contributed by atoms with Gasteiger partial charge in [0.05, 0.1) is 37.8 Å². The number of hydrogen-bond donors (Lipinski definition) is 0. The molecule has 0 N–H and O–H groups in total. The van der Waals surface area contributed by atoms with E-state index >= 15 is 0 Å². The minimum absolute atomic E-state index is 0.862. The predicted octanol–water partition coefficient (Wildman–Crippen LogP) is 18.6. The minimum atomic E-state index is 0.862. The molecule has 0 aliphatic carbocycles. The molecule has 0 saturated carbocycles. The van der Waals surface area contributed by atoms with E-state index < -0.39 is 0 Å². The van der Waals surface area contributed by atoms with Crippen LogP contribution >= 0.6 is 22.7 Å². The standard InChI is InChI=1S/C60H36N2OS2/c1-3-16-37(17-4-1)42-20-7-10-26-48(42)62(50-28-14-24-46-44-22-9-12-31-55(44)65-60(46)50)51-35-39-33-32-38-34-41(36-53-56(38)57(39)58-47(51)25-15-29-52(58)63-53)61(40-18-5-2-6-19-40)49-27-13-23-45-43-21-8-11-30-54(43)64-59(45)49/h1-36H. The summed E-state index contributed by atoms with van der Waals surface area (Å²) in [7, 11) is 0. The van der Waals surface area contributed by atoms with Crippen LogP contribution in [-0.4, -0.2) is 0 Å². The first-order valence-electron chi connectivity index (χ1n) is 22.0. The average molecular weight is 865 g/mol. The summed E-state index contributed by atoms with van der Waals surface area (Å²) in [5.74, 6) is 1.72. The van der Waals surface area contributed by atoms with Crippen molar-refractivity contribution in [2.24, 2.45) is 0 Å². The van der Waals surface area contributed by atoms with E-state index in [1.165, 1.54) is 62.2 Å². The van der Waals surface area contributed by atoms with Gasteiger partial charge in [0.2, 0.25) is 0 Å². The van der Waals surface area contributed by atoms with Crippen molar-refractivity contribution in [3.05, 3.63) is 218 Å². The maximum Gasteiger partial charge on any atom is 0.138 e. The van der Waals surface area contributed by atoms with Crippen molar-refractivity contribution in [3.8, 4) is 22.6 Å². The Morgan fingerprint density at radius 2 is 0.877 bits per heavy atom. The third-order valence-electron chi connectivity index (χ3n) is 13.2. The molecule has 1 aliphatic rings. The van der Waals surface area contributed by atoms with Gasteiger partial charge in [0, 0.05) is 69.8 Å². The largest absolute Gasteiger partial charge is 0.456 e. The molecular weight excluding hydrogens is 829 g/mol. The molecule has 11 aromatic carbocycles. The highest BCUT2D eigenvalue weighted by Crippen LogP contribution is 2.55. The summed E-state index contributed by atoms with van der Waals surface area (Å²) in [6.45, 7) is 0. The van der Waals surface area contributed by atoms with E-state index in [-0.39, 0.29) is 0 Å². The van der Waals surface area contributed by atoms with E-state index in [2.05, 4.69) is 228 Å². The van der Waals surface area contributed by atoms with Crippen LogP contribution in [0.2, 0.25) is 0 Å². The van der Waals surface area contributed by atoms with Gasteiger partial charge in [0.25, 0.3) is 0 Å². The van der Waals surface area contributed by atoms with Crippen LogP contribution in [0.4, 0.5) is 34.1 Å². The highest BCUT2D eigenvalue weighted by Gasteiger charge is 2.28. The summed E-state index contributed by atoms with van der Waals surface area (Å²) in [5.41, 5.74) is 9.01. The molecule has 2 aromatic heterocycles. The molecule has 0 radical (unpaired) electrons. The van der Waals surface area contributed by atoms with Gasteiger partial charge in [0.15, 0.2) is 0 Å². The lowest BCUT2D eigenvalue weighted by Crippen LogP contribution is -2.13. The van der Waals surface area contributed by atoms with E-state index in [9.17, 15) is 0 Å². The molecule has 65 heavy (non-hydrogen) atoms. The van der Waals surface area contributed by atoms with Crippen molar-refractivity contribution >= 4 is 129 Å². The third kappa shape index (κ3) is 5.53. The summed E-state index contributed by atoms with van der Waals surface area (Å²) in [6, 6.07) is 79.5. The lowest BCUT2D eigenvalue weighted by atomic mass is 9.91. The normalized spacial score (nSPS) is 12.1. The van der Waals surface area contributed by atoms with Gasteiger partial charge in [-0.15, -0.1) is 22.7 Å². The number of nitrogens with zero attached hydrogens (tertiary/aromatic N) is 2. The molecule has 0 atom stereocenters. The molecule has 304 valence electrons. The van der Waals surface area contributed by atoms with Crippen molar-refractivity contribution in [1.29, 1.82) is 0 Å². The van der Waals surface area contributed by atoms with E-state index in [1.54, 1.807) is 0 Å². The number of fused-ring (bicyclic) bond motifs is 6. The Balaban J connectivity index is 1.02. The fraction of sp³-hybridized carbons (Fsp3) is 0. The average Bonchev–Trinajstić information content (AvgIpc) is 3.95. The van der Waals surface area contributed by atoms with Crippen molar-refractivity contribution in [3.63, 3.8) is 0 Å². The lowest BCUT2D eigenvalue weighted by molar-refractivity contribution is 0.493. The summed E-state index contributed by atoms with van der Waals surface area (Å²) < 4.78 is 12.3. The molecule has 0 amide bonds. The van der Waals surface area contributed by atoms with Crippen LogP contribution in [0.5, 0.6) is 11.5 Å². The van der Waals surface area contributed by atoms with Crippen LogP contribution in [0.1, 0.15) is 0 Å². The van der Waals surface area contributed by atoms with E-state index in [0.717, 1.165) is 67.2 Å². The van der Waals surface area contributed by atoms with Crippen molar-refractivity contribution < 1.29 is 4.74 Å². The van der Waals surface area contributed by atoms with Crippen LogP contribution in [-0.2, 0) is 0 Å². The summed E-state index contributed by atoms with van der Waals surface area (Å²) in [4.78, 5) is 4.91. The molecule has 13 aromatic rings. The highest BCUT2D eigenvalue weighted by molar-refractivity contribution is 7.26. The van der Waals surface area contributed by atoms with Gasteiger partial charge in [0.1, 0.15) is 11.5 Å². The molecule has 14 rings (SSSR count). The molecule has 0 saturated heterocycles. The second kappa shape index (κ2) is 14.3. The number of hydrogen-bond acceptors (Lipinski definition) is 5. The second-order valence-corrected chi connectivity index (χ2v) is 18.9. The Morgan fingerprint density at radius 3 is 1.60 bits per heavy atom. The van der Waals surface area contributed by atoms with Crippen molar-refractivity contribution in [1.82, 2.24) is 0 Å². The number of anilines is 6. The number of rotatable bonds is 7. The van der Waals surface area contributed by atoms with Crippen molar-refractivity contribution in [2.75, 3.05) is 9.80 Å². The quantitative estimate of drug-likeness (QED) is 0.148.